The van der Waals surface area contributed by atoms with E-state index in [1.165, 1.54) is 36.1 Å². The zero-order valence-corrected chi connectivity index (χ0v) is 15.8. The van der Waals surface area contributed by atoms with E-state index in [0.717, 1.165) is 24.6 Å². The van der Waals surface area contributed by atoms with Crippen LogP contribution in [0.3, 0.4) is 0 Å². The van der Waals surface area contributed by atoms with Crippen LogP contribution in [0.5, 0.6) is 0 Å². The number of anilines is 1. The Balaban J connectivity index is 1.35. The first-order chi connectivity index (χ1) is 13.3. The second kappa shape index (κ2) is 8.41. The number of nitrogens with zero attached hydrogens (tertiary/aromatic N) is 1. The summed E-state index contributed by atoms with van der Waals surface area (Å²) >= 11 is 0. The van der Waals surface area contributed by atoms with Crippen molar-refractivity contribution in [2.24, 2.45) is 11.7 Å². The van der Waals surface area contributed by atoms with Crippen LogP contribution < -0.4 is 10.6 Å². The second-order valence-corrected chi connectivity index (χ2v) is 7.60. The molecule has 2 heteroatoms. The Bertz CT molecular complexity index is 819. The number of piperidine rings is 1. The first-order valence-corrected chi connectivity index (χ1v) is 9.99. The predicted molar refractivity (Wildman–Crippen MR) is 114 cm³/mol. The zero-order valence-electron chi connectivity index (χ0n) is 15.8. The van der Waals surface area contributed by atoms with Crippen molar-refractivity contribution >= 4 is 5.69 Å². The molecule has 3 aromatic rings. The molecule has 1 saturated heterocycles. The lowest BCUT2D eigenvalue weighted by Crippen LogP contribution is -2.34. The molecule has 0 radical (unpaired) electrons. The predicted octanol–water partition coefficient (Wildman–Crippen LogP) is 5.19. The van der Waals surface area contributed by atoms with E-state index in [-0.39, 0.29) is 6.04 Å². The summed E-state index contributed by atoms with van der Waals surface area (Å²) in [5, 5.41) is 0. The third-order valence-electron chi connectivity index (χ3n) is 5.76. The highest BCUT2D eigenvalue weighted by atomic mass is 15.1. The molecule has 138 valence electrons. The fraction of sp³-hybridized carbons (Fsp3) is 0.280. The molecule has 0 bridgehead atoms. The van der Waals surface area contributed by atoms with Crippen molar-refractivity contribution in [2.45, 2.75) is 25.3 Å². The van der Waals surface area contributed by atoms with Gasteiger partial charge in [0.15, 0.2) is 0 Å². The van der Waals surface area contributed by atoms with Crippen molar-refractivity contribution in [2.75, 3.05) is 18.0 Å². The third kappa shape index (κ3) is 4.40. The normalized spacial score (nSPS) is 16.3. The van der Waals surface area contributed by atoms with Gasteiger partial charge in [0.25, 0.3) is 0 Å². The first-order valence-electron chi connectivity index (χ1n) is 9.99. The number of hydrogen-bond donors (Lipinski definition) is 1. The quantitative estimate of drug-likeness (QED) is 0.681. The summed E-state index contributed by atoms with van der Waals surface area (Å²) in [6.45, 7) is 2.28. The number of benzene rings is 3. The summed E-state index contributed by atoms with van der Waals surface area (Å²) in [4.78, 5) is 2.51. The van der Waals surface area contributed by atoms with Crippen LogP contribution in [0.2, 0.25) is 0 Å². The highest BCUT2D eigenvalue weighted by Gasteiger charge is 2.20. The zero-order chi connectivity index (χ0) is 18.5. The molecule has 0 saturated carbocycles. The van der Waals surface area contributed by atoms with Gasteiger partial charge in [0.1, 0.15) is 0 Å². The van der Waals surface area contributed by atoms with Gasteiger partial charge in [0.2, 0.25) is 0 Å². The van der Waals surface area contributed by atoms with Crippen LogP contribution in [0.15, 0.2) is 84.9 Å². The van der Waals surface area contributed by atoms with Crippen molar-refractivity contribution in [1.82, 2.24) is 0 Å². The maximum Gasteiger partial charge on any atom is 0.0551 e. The summed E-state index contributed by atoms with van der Waals surface area (Å²) in [6.07, 6.45) is 3.74. The topological polar surface area (TPSA) is 29.3 Å². The van der Waals surface area contributed by atoms with Crippen LogP contribution in [-0.2, 0) is 6.42 Å². The van der Waals surface area contributed by atoms with Gasteiger partial charge >= 0.3 is 0 Å². The molecular formula is C25H28N2. The average Bonchev–Trinajstić information content (AvgIpc) is 2.75. The maximum absolute atomic E-state index is 6.42. The summed E-state index contributed by atoms with van der Waals surface area (Å²) in [5.41, 5.74) is 11.5. The van der Waals surface area contributed by atoms with Crippen LogP contribution in [-0.4, -0.2) is 13.1 Å². The summed E-state index contributed by atoms with van der Waals surface area (Å²) in [5.74, 6) is 0.800. The van der Waals surface area contributed by atoms with Crippen LogP contribution in [0.1, 0.15) is 35.6 Å². The Morgan fingerprint density at radius 2 is 1.30 bits per heavy atom. The molecule has 3 aromatic carbocycles. The molecule has 1 fully saturated rings. The standard InChI is InChI=1S/C25H28N2/c26-25(22-9-5-2-6-10-22)23-11-13-24(14-12-23)27-17-15-21(16-18-27)19-20-7-3-1-4-8-20/h1-14,21,25H,15-19,26H2. The molecule has 2 nitrogen and oxygen atoms in total. The van der Waals surface area contributed by atoms with Gasteiger partial charge in [0, 0.05) is 18.8 Å². The van der Waals surface area contributed by atoms with Crippen LogP contribution in [0, 0.1) is 5.92 Å². The fourth-order valence-corrected chi connectivity index (χ4v) is 4.09. The molecular weight excluding hydrogens is 328 g/mol. The number of rotatable bonds is 5. The molecule has 2 N–H and O–H groups in total. The van der Waals surface area contributed by atoms with Gasteiger partial charge in [0.05, 0.1) is 6.04 Å². The number of hydrogen-bond acceptors (Lipinski definition) is 2. The van der Waals surface area contributed by atoms with Gasteiger partial charge in [-0.1, -0.05) is 72.8 Å². The minimum atomic E-state index is -0.0585. The van der Waals surface area contributed by atoms with Gasteiger partial charge in [-0.3, -0.25) is 0 Å². The molecule has 27 heavy (non-hydrogen) atoms. The van der Waals surface area contributed by atoms with E-state index in [0.29, 0.717) is 0 Å². The van der Waals surface area contributed by atoms with Crippen molar-refractivity contribution in [3.05, 3.63) is 102 Å². The molecule has 0 aliphatic carbocycles. The van der Waals surface area contributed by atoms with Gasteiger partial charge < -0.3 is 10.6 Å². The van der Waals surface area contributed by atoms with Gasteiger partial charge in [-0.15, -0.1) is 0 Å². The third-order valence-corrected chi connectivity index (χ3v) is 5.76. The van der Waals surface area contributed by atoms with Crippen LogP contribution in [0.25, 0.3) is 0 Å². The monoisotopic (exact) mass is 356 g/mol. The summed E-state index contributed by atoms with van der Waals surface area (Å²) < 4.78 is 0. The summed E-state index contributed by atoms with van der Waals surface area (Å²) in [6, 6.07) is 30.0. The van der Waals surface area contributed by atoms with E-state index in [4.69, 9.17) is 5.73 Å². The van der Waals surface area contributed by atoms with E-state index in [9.17, 15) is 0 Å². The van der Waals surface area contributed by atoms with Crippen LogP contribution >= 0.6 is 0 Å². The molecule has 1 aliphatic rings. The van der Waals surface area contributed by atoms with Crippen molar-refractivity contribution in [3.63, 3.8) is 0 Å². The fourth-order valence-electron chi connectivity index (χ4n) is 4.09. The maximum atomic E-state index is 6.42. The molecule has 0 aromatic heterocycles. The van der Waals surface area contributed by atoms with E-state index in [1.54, 1.807) is 0 Å². The molecule has 4 rings (SSSR count). The second-order valence-electron chi connectivity index (χ2n) is 7.60. The largest absolute Gasteiger partial charge is 0.372 e. The van der Waals surface area contributed by atoms with Crippen molar-refractivity contribution in [1.29, 1.82) is 0 Å². The lowest BCUT2D eigenvalue weighted by molar-refractivity contribution is 0.404. The Morgan fingerprint density at radius 3 is 1.93 bits per heavy atom. The Hall–Kier alpha value is -2.58. The average molecular weight is 357 g/mol. The van der Waals surface area contributed by atoms with E-state index in [2.05, 4.69) is 71.6 Å². The highest BCUT2D eigenvalue weighted by Crippen LogP contribution is 2.27. The smallest absolute Gasteiger partial charge is 0.0551 e. The molecule has 1 aliphatic heterocycles. The minimum Gasteiger partial charge on any atom is -0.372 e. The van der Waals surface area contributed by atoms with E-state index >= 15 is 0 Å². The van der Waals surface area contributed by atoms with Gasteiger partial charge in [-0.05, 0) is 54.0 Å². The molecule has 1 heterocycles. The molecule has 1 unspecified atom stereocenters. The Labute approximate surface area is 162 Å². The van der Waals surface area contributed by atoms with E-state index < -0.39 is 0 Å². The number of nitrogens with two attached hydrogens (primary N) is 1. The Kier molecular flexibility index (Phi) is 5.55. The Morgan fingerprint density at radius 1 is 0.741 bits per heavy atom. The molecule has 0 amide bonds. The van der Waals surface area contributed by atoms with Crippen molar-refractivity contribution < 1.29 is 0 Å². The summed E-state index contributed by atoms with van der Waals surface area (Å²) in [7, 11) is 0. The first kappa shape index (κ1) is 17.8. The van der Waals surface area contributed by atoms with Crippen molar-refractivity contribution in [3.8, 4) is 0 Å². The van der Waals surface area contributed by atoms with Gasteiger partial charge in [-0.2, -0.15) is 0 Å². The molecule has 0 spiro atoms. The van der Waals surface area contributed by atoms with Gasteiger partial charge in [-0.25, -0.2) is 0 Å². The SMILES string of the molecule is NC(c1ccccc1)c1ccc(N2CCC(Cc3ccccc3)CC2)cc1. The lowest BCUT2D eigenvalue weighted by atomic mass is 9.90. The highest BCUT2D eigenvalue weighted by molar-refractivity contribution is 5.49. The van der Waals surface area contributed by atoms with Crippen LogP contribution in [0.4, 0.5) is 5.69 Å². The molecule has 1 atom stereocenters. The van der Waals surface area contributed by atoms with E-state index in [1.807, 2.05) is 18.2 Å². The minimum absolute atomic E-state index is 0.0585. The lowest BCUT2D eigenvalue weighted by Gasteiger charge is -2.34.